The summed E-state index contributed by atoms with van der Waals surface area (Å²) in [6.07, 6.45) is 2.99. The van der Waals surface area contributed by atoms with Crippen molar-refractivity contribution >= 4 is 38.7 Å². The fraction of sp³-hybridized carbons (Fsp3) is 0.381. The van der Waals surface area contributed by atoms with Crippen molar-refractivity contribution in [1.82, 2.24) is 18.8 Å². The lowest BCUT2D eigenvalue weighted by Crippen LogP contribution is -2.36. The van der Waals surface area contributed by atoms with E-state index in [1.165, 1.54) is 18.2 Å². The van der Waals surface area contributed by atoms with Crippen molar-refractivity contribution in [1.29, 1.82) is 0 Å². The van der Waals surface area contributed by atoms with Crippen molar-refractivity contribution in [2.45, 2.75) is 37.1 Å². The molecule has 1 heterocycles. The van der Waals surface area contributed by atoms with Crippen molar-refractivity contribution in [2.24, 2.45) is 11.8 Å². The van der Waals surface area contributed by atoms with Crippen LogP contribution in [0.1, 0.15) is 31.2 Å². The fourth-order valence-corrected chi connectivity index (χ4v) is 5.75. The molecule has 4 rings (SSSR count). The summed E-state index contributed by atoms with van der Waals surface area (Å²) in [6.45, 7) is 0.704. The highest BCUT2D eigenvalue weighted by atomic mass is 32.2. The number of amides is 1. The van der Waals surface area contributed by atoms with Crippen LogP contribution in [-0.2, 0) is 21.4 Å². The van der Waals surface area contributed by atoms with E-state index in [9.17, 15) is 17.6 Å². The zero-order chi connectivity index (χ0) is 21.8. The standard InChI is InChI=1S/C21H23FN4O3S2/c22-17-10-6-14(7-11-17)12-23-21(27)16-8-4-15(5-9-16)13-24-31(28,29)19-3-1-2-18-20(19)26-30-25-18/h1-3,6-7,10-11,15-16,24H,4-5,8-9,12-13H2,(H,23,27). The lowest BCUT2D eigenvalue weighted by Gasteiger charge is -2.28. The Balaban J connectivity index is 1.26. The third-order valence-corrected chi connectivity index (χ3v) is 7.70. The summed E-state index contributed by atoms with van der Waals surface area (Å²) in [5, 5.41) is 2.91. The molecule has 1 amide bonds. The number of carbonyl (C=O) groups is 1. The molecule has 0 atom stereocenters. The van der Waals surface area contributed by atoms with Gasteiger partial charge < -0.3 is 5.32 Å². The summed E-state index contributed by atoms with van der Waals surface area (Å²) in [5.41, 5.74) is 1.81. The van der Waals surface area contributed by atoms with Gasteiger partial charge >= 0.3 is 0 Å². The quantitative estimate of drug-likeness (QED) is 0.561. The summed E-state index contributed by atoms with van der Waals surface area (Å²) in [7, 11) is -3.68. The van der Waals surface area contributed by atoms with Gasteiger partial charge in [0.15, 0.2) is 0 Å². The SMILES string of the molecule is O=C(NCc1ccc(F)cc1)C1CCC(CNS(=O)(=O)c2cccc3nsnc23)CC1. The van der Waals surface area contributed by atoms with Gasteiger partial charge in [-0.1, -0.05) is 18.2 Å². The number of hydrogen-bond donors (Lipinski definition) is 2. The van der Waals surface area contributed by atoms with Gasteiger partial charge in [-0.2, -0.15) is 8.75 Å². The van der Waals surface area contributed by atoms with E-state index in [1.807, 2.05) is 0 Å². The molecule has 7 nitrogen and oxygen atoms in total. The first-order valence-electron chi connectivity index (χ1n) is 10.2. The summed E-state index contributed by atoms with van der Waals surface area (Å²) in [6, 6.07) is 11.0. The van der Waals surface area contributed by atoms with Gasteiger partial charge in [-0.3, -0.25) is 4.79 Å². The highest BCUT2D eigenvalue weighted by Gasteiger charge is 2.28. The number of aromatic nitrogens is 2. The highest BCUT2D eigenvalue weighted by Crippen LogP contribution is 2.29. The van der Waals surface area contributed by atoms with Crippen LogP contribution in [0.3, 0.4) is 0 Å². The summed E-state index contributed by atoms with van der Waals surface area (Å²) in [4.78, 5) is 12.6. The lowest BCUT2D eigenvalue weighted by atomic mass is 9.81. The van der Waals surface area contributed by atoms with Gasteiger partial charge in [-0.25, -0.2) is 17.5 Å². The molecule has 0 aliphatic heterocycles. The largest absolute Gasteiger partial charge is 0.352 e. The maximum Gasteiger partial charge on any atom is 0.242 e. The van der Waals surface area contributed by atoms with Gasteiger partial charge in [-0.05, 0) is 61.4 Å². The minimum Gasteiger partial charge on any atom is -0.352 e. The van der Waals surface area contributed by atoms with Crippen LogP contribution in [0.2, 0.25) is 0 Å². The Morgan fingerprint density at radius 3 is 2.55 bits per heavy atom. The zero-order valence-electron chi connectivity index (χ0n) is 16.8. The van der Waals surface area contributed by atoms with E-state index in [4.69, 9.17) is 0 Å². The smallest absolute Gasteiger partial charge is 0.242 e. The molecular weight excluding hydrogens is 439 g/mol. The molecule has 0 spiro atoms. The fourth-order valence-electron chi connectivity index (χ4n) is 3.87. The number of hydrogen-bond acceptors (Lipinski definition) is 6. The molecule has 0 saturated heterocycles. The van der Waals surface area contributed by atoms with E-state index in [0.717, 1.165) is 30.1 Å². The van der Waals surface area contributed by atoms with Gasteiger partial charge in [0.2, 0.25) is 15.9 Å². The first kappa shape index (κ1) is 21.8. The second kappa shape index (κ2) is 9.37. The Labute approximate surface area is 184 Å². The van der Waals surface area contributed by atoms with Crippen LogP contribution in [0.25, 0.3) is 11.0 Å². The minimum absolute atomic E-state index is 0.00827. The van der Waals surface area contributed by atoms with Crippen LogP contribution < -0.4 is 10.0 Å². The molecule has 10 heteroatoms. The summed E-state index contributed by atoms with van der Waals surface area (Å²) >= 11 is 0.989. The van der Waals surface area contributed by atoms with Crippen molar-refractivity contribution in [3.05, 3.63) is 53.8 Å². The van der Waals surface area contributed by atoms with Gasteiger partial charge in [0.1, 0.15) is 21.7 Å². The second-order valence-electron chi connectivity index (χ2n) is 7.80. The molecule has 1 fully saturated rings. The van der Waals surface area contributed by atoms with Crippen molar-refractivity contribution in [3.8, 4) is 0 Å². The maximum atomic E-state index is 13.0. The Kier molecular flexibility index (Phi) is 6.59. The Hall–Kier alpha value is -2.43. The number of nitrogens with zero attached hydrogens (tertiary/aromatic N) is 2. The van der Waals surface area contributed by atoms with Gasteiger partial charge in [0.05, 0.1) is 11.7 Å². The first-order chi connectivity index (χ1) is 14.9. The average molecular weight is 463 g/mol. The van der Waals surface area contributed by atoms with Crippen LogP contribution in [0.4, 0.5) is 4.39 Å². The number of rotatable bonds is 7. The zero-order valence-corrected chi connectivity index (χ0v) is 18.4. The number of benzene rings is 2. The Morgan fingerprint density at radius 1 is 1.06 bits per heavy atom. The molecule has 0 bridgehead atoms. The highest BCUT2D eigenvalue weighted by molar-refractivity contribution is 7.89. The molecule has 1 aliphatic carbocycles. The molecule has 1 aromatic heterocycles. The summed E-state index contributed by atoms with van der Waals surface area (Å²) in [5.74, 6) is -0.207. The van der Waals surface area contributed by atoms with Crippen molar-refractivity contribution < 1.29 is 17.6 Å². The Morgan fingerprint density at radius 2 is 1.81 bits per heavy atom. The molecule has 1 saturated carbocycles. The van der Waals surface area contributed by atoms with E-state index < -0.39 is 10.0 Å². The molecular formula is C21H23FN4O3S2. The molecule has 1 aliphatic rings. The van der Waals surface area contributed by atoms with E-state index in [2.05, 4.69) is 18.8 Å². The predicted octanol–water partition coefficient (Wildman–Crippen LogP) is 3.23. The second-order valence-corrected chi connectivity index (χ2v) is 10.1. The van der Waals surface area contributed by atoms with E-state index in [-0.39, 0.29) is 28.5 Å². The molecule has 164 valence electrons. The minimum atomic E-state index is -3.68. The number of carbonyl (C=O) groups excluding carboxylic acids is 1. The van der Waals surface area contributed by atoms with Crippen molar-refractivity contribution in [2.75, 3.05) is 6.54 Å². The van der Waals surface area contributed by atoms with E-state index >= 15 is 0 Å². The molecule has 2 aromatic carbocycles. The van der Waals surface area contributed by atoms with E-state index in [0.29, 0.717) is 37.0 Å². The number of nitrogens with one attached hydrogen (secondary N) is 2. The number of halogens is 1. The number of fused-ring (bicyclic) bond motifs is 1. The summed E-state index contributed by atoms with van der Waals surface area (Å²) < 4.78 is 49.3. The monoisotopic (exact) mass is 462 g/mol. The third kappa shape index (κ3) is 5.25. The Bertz CT molecular complexity index is 1160. The maximum absolute atomic E-state index is 13.0. The molecule has 0 unspecified atom stereocenters. The van der Waals surface area contributed by atoms with Crippen LogP contribution in [-0.4, -0.2) is 29.6 Å². The van der Waals surface area contributed by atoms with Gasteiger partial charge in [0, 0.05) is 19.0 Å². The first-order valence-corrected chi connectivity index (χ1v) is 12.4. The lowest BCUT2D eigenvalue weighted by molar-refractivity contribution is -0.126. The van der Waals surface area contributed by atoms with Crippen LogP contribution >= 0.6 is 11.7 Å². The normalized spacial score (nSPS) is 19.4. The predicted molar refractivity (Wildman–Crippen MR) is 116 cm³/mol. The van der Waals surface area contributed by atoms with Crippen LogP contribution in [0.5, 0.6) is 0 Å². The van der Waals surface area contributed by atoms with E-state index in [1.54, 1.807) is 24.3 Å². The molecule has 3 aromatic rings. The topological polar surface area (TPSA) is 101 Å². The average Bonchev–Trinajstić information content (AvgIpc) is 3.26. The molecule has 0 radical (unpaired) electrons. The van der Waals surface area contributed by atoms with Gasteiger partial charge in [0.25, 0.3) is 0 Å². The van der Waals surface area contributed by atoms with Crippen molar-refractivity contribution in [3.63, 3.8) is 0 Å². The molecule has 31 heavy (non-hydrogen) atoms. The van der Waals surface area contributed by atoms with Gasteiger partial charge in [-0.15, -0.1) is 0 Å². The molecule has 2 N–H and O–H groups in total. The van der Waals surface area contributed by atoms with Crippen LogP contribution in [0, 0.1) is 17.7 Å². The van der Waals surface area contributed by atoms with Crippen LogP contribution in [0.15, 0.2) is 47.4 Å². The third-order valence-electron chi connectivity index (χ3n) is 5.70. The number of sulfonamides is 1.